The summed E-state index contributed by atoms with van der Waals surface area (Å²) in [4.78, 5) is 16.5. The van der Waals surface area contributed by atoms with E-state index < -0.39 is 0 Å². The first-order valence-corrected chi connectivity index (χ1v) is 9.94. The minimum atomic E-state index is -0.0228. The number of aromatic nitrogens is 2. The van der Waals surface area contributed by atoms with Gasteiger partial charge in [-0.3, -0.25) is 9.69 Å². The number of carbonyl (C=O) groups is 1. The first kappa shape index (κ1) is 20.6. The Morgan fingerprint density at radius 1 is 1.18 bits per heavy atom. The summed E-state index contributed by atoms with van der Waals surface area (Å²) in [5, 5.41) is 14.1. The Balaban J connectivity index is 1.64. The van der Waals surface area contributed by atoms with Gasteiger partial charge < -0.3 is 10.0 Å². The average molecular weight is 403 g/mol. The van der Waals surface area contributed by atoms with Crippen molar-refractivity contribution in [2.24, 2.45) is 0 Å². The summed E-state index contributed by atoms with van der Waals surface area (Å²) >= 11 is 6.53. The highest BCUT2D eigenvalue weighted by atomic mass is 35.5. The molecule has 2 heterocycles. The summed E-state index contributed by atoms with van der Waals surface area (Å²) in [6, 6.07) is 8.27. The standard InChI is InChI=1S/C21H27ClN4O2/c1-16-3-5-18(6-4-16)15-26-21(22)19(17(2)23-26)7-8-20(28)25-11-9-24(10-12-25)13-14-27/h3-8,27H,9-15H2,1-2H3/b8-7+. The summed E-state index contributed by atoms with van der Waals surface area (Å²) in [5.41, 5.74) is 3.92. The fraction of sp³-hybridized carbons (Fsp3) is 0.429. The number of hydrogen-bond acceptors (Lipinski definition) is 4. The number of nitrogens with zero attached hydrogens (tertiary/aromatic N) is 4. The largest absolute Gasteiger partial charge is 0.395 e. The molecule has 0 saturated carbocycles. The molecule has 1 saturated heterocycles. The molecule has 1 aromatic heterocycles. The Kier molecular flexibility index (Phi) is 6.88. The van der Waals surface area contributed by atoms with Gasteiger partial charge in [0.15, 0.2) is 0 Å². The van der Waals surface area contributed by atoms with E-state index in [2.05, 4.69) is 41.2 Å². The van der Waals surface area contributed by atoms with E-state index in [4.69, 9.17) is 16.7 Å². The predicted molar refractivity (Wildman–Crippen MR) is 111 cm³/mol. The molecule has 0 unspecified atom stereocenters. The molecular formula is C21H27ClN4O2. The highest BCUT2D eigenvalue weighted by molar-refractivity contribution is 6.31. The lowest BCUT2D eigenvalue weighted by Gasteiger charge is -2.33. The molecule has 28 heavy (non-hydrogen) atoms. The van der Waals surface area contributed by atoms with Crippen LogP contribution in [0.3, 0.4) is 0 Å². The van der Waals surface area contributed by atoms with Crippen molar-refractivity contribution in [2.75, 3.05) is 39.3 Å². The molecule has 1 aliphatic heterocycles. The SMILES string of the molecule is Cc1ccc(Cn2nc(C)c(/C=C/C(=O)N3CCN(CCO)CC3)c2Cl)cc1. The molecule has 1 fully saturated rings. The van der Waals surface area contributed by atoms with Gasteiger partial charge in [0.2, 0.25) is 5.91 Å². The molecule has 0 spiro atoms. The summed E-state index contributed by atoms with van der Waals surface area (Å²) in [6.45, 7) is 8.27. The highest BCUT2D eigenvalue weighted by Gasteiger charge is 2.19. The van der Waals surface area contributed by atoms with E-state index in [0.717, 1.165) is 29.9 Å². The van der Waals surface area contributed by atoms with Crippen LogP contribution in [0.5, 0.6) is 0 Å². The topological polar surface area (TPSA) is 61.6 Å². The Morgan fingerprint density at radius 3 is 2.50 bits per heavy atom. The Hall–Kier alpha value is -2.15. The van der Waals surface area contributed by atoms with E-state index in [9.17, 15) is 4.79 Å². The number of benzene rings is 1. The number of hydrogen-bond donors (Lipinski definition) is 1. The fourth-order valence-corrected chi connectivity index (χ4v) is 3.62. The minimum Gasteiger partial charge on any atom is -0.395 e. The van der Waals surface area contributed by atoms with Gasteiger partial charge in [0.25, 0.3) is 0 Å². The van der Waals surface area contributed by atoms with Crippen molar-refractivity contribution in [1.82, 2.24) is 19.6 Å². The van der Waals surface area contributed by atoms with Crippen LogP contribution in [0.2, 0.25) is 5.15 Å². The van der Waals surface area contributed by atoms with Gasteiger partial charge in [0.05, 0.1) is 18.8 Å². The lowest BCUT2D eigenvalue weighted by Crippen LogP contribution is -2.48. The van der Waals surface area contributed by atoms with E-state index in [1.54, 1.807) is 16.8 Å². The predicted octanol–water partition coefficient (Wildman–Crippen LogP) is 2.35. The molecule has 3 rings (SSSR count). The second-order valence-corrected chi connectivity index (χ2v) is 7.52. The molecule has 7 heteroatoms. The first-order chi connectivity index (χ1) is 13.5. The molecule has 150 valence electrons. The quantitative estimate of drug-likeness (QED) is 0.753. The third-order valence-electron chi connectivity index (χ3n) is 5.06. The zero-order chi connectivity index (χ0) is 20.1. The van der Waals surface area contributed by atoms with Gasteiger partial charge in [0, 0.05) is 44.4 Å². The number of carbonyl (C=O) groups excluding carboxylic acids is 1. The maximum atomic E-state index is 12.5. The van der Waals surface area contributed by atoms with Gasteiger partial charge in [-0.15, -0.1) is 0 Å². The van der Waals surface area contributed by atoms with E-state index in [-0.39, 0.29) is 12.5 Å². The number of aliphatic hydroxyl groups excluding tert-OH is 1. The smallest absolute Gasteiger partial charge is 0.246 e. The zero-order valence-electron chi connectivity index (χ0n) is 16.4. The van der Waals surface area contributed by atoms with Crippen LogP contribution < -0.4 is 0 Å². The van der Waals surface area contributed by atoms with Gasteiger partial charge in [-0.1, -0.05) is 41.4 Å². The number of β-amino-alcohol motifs (C(OH)–C–C–N with tert-alkyl or cyclic N) is 1. The van der Waals surface area contributed by atoms with Crippen LogP contribution in [0.25, 0.3) is 6.08 Å². The van der Waals surface area contributed by atoms with E-state index >= 15 is 0 Å². The average Bonchev–Trinajstić information content (AvgIpc) is 2.95. The van der Waals surface area contributed by atoms with Gasteiger partial charge in [-0.2, -0.15) is 5.10 Å². The molecule has 0 aliphatic carbocycles. The number of aliphatic hydroxyl groups is 1. The molecule has 0 atom stereocenters. The van der Waals surface area contributed by atoms with Gasteiger partial charge in [-0.25, -0.2) is 4.68 Å². The Bertz CT molecular complexity index is 837. The van der Waals surface area contributed by atoms with Crippen molar-refractivity contribution < 1.29 is 9.90 Å². The molecule has 0 radical (unpaired) electrons. The van der Waals surface area contributed by atoms with Gasteiger partial charge in [-0.05, 0) is 25.5 Å². The highest BCUT2D eigenvalue weighted by Crippen LogP contribution is 2.22. The van der Waals surface area contributed by atoms with Crippen LogP contribution in [-0.2, 0) is 11.3 Å². The number of amides is 1. The number of aryl methyl sites for hydroxylation is 2. The van der Waals surface area contributed by atoms with Crippen molar-refractivity contribution in [2.45, 2.75) is 20.4 Å². The molecule has 1 N–H and O–H groups in total. The van der Waals surface area contributed by atoms with Gasteiger partial charge in [0.1, 0.15) is 5.15 Å². The zero-order valence-corrected chi connectivity index (χ0v) is 17.2. The van der Waals surface area contributed by atoms with Crippen LogP contribution in [0.15, 0.2) is 30.3 Å². The molecule has 1 aliphatic rings. The maximum absolute atomic E-state index is 12.5. The van der Waals surface area contributed by atoms with Crippen molar-refractivity contribution in [1.29, 1.82) is 0 Å². The van der Waals surface area contributed by atoms with Gasteiger partial charge >= 0.3 is 0 Å². The summed E-state index contributed by atoms with van der Waals surface area (Å²) in [6.07, 6.45) is 3.34. The summed E-state index contributed by atoms with van der Waals surface area (Å²) in [7, 11) is 0. The van der Waals surface area contributed by atoms with Crippen LogP contribution >= 0.6 is 11.6 Å². The molecule has 1 aromatic carbocycles. The van der Waals surface area contributed by atoms with Crippen molar-refractivity contribution in [3.8, 4) is 0 Å². The number of halogens is 1. The van der Waals surface area contributed by atoms with Crippen LogP contribution in [-0.4, -0.2) is 69.9 Å². The maximum Gasteiger partial charge on any atom is 0.246 e. The second-order valence-electron chi connectivity index (χ2n) is 7.16. The third kappa shape index (κ3) is 5.01. The molecule has 0 bridgehead atoms. The fourth-order valence-electron chi connectivity index (χ4n) is 3.32. The second kappa shape index (κ2) is 9.37. The third-order valence-corrected chi connectivity index (χ3v) is 5.45. The number of rotatable bonds is 6. The van der Waals surface area contributed by atoms with Crippen molar-refractivity contribution in [3.63, 3.8) is 0 Å². The van der Waals surface area contributed by atoms with Crippen LogP contribution in [0.4, 0.5) is 0 Å². The van der Waals surface area contributed by atoms with E-state index in [1.165, 1.54) is 5.56 Å². The van der Waals surface area contributed by atoms with Crippen molar-refractivity contribution >= 4 is 23.6 Å². The van der Waals surface area contributed by atoms with Crippen LogP contribution in [0.1, 0.15) is 22.4 Å². The van der Waals surface area contributed by atoms with E-state index in [0.29, 0.717) is 31.3 Å². The molecule has 6 nitrogen and oxygen atoms in total. The Morgan fingerprint density at radius 2 is 1.86 bits per heavy atom. The summed E-state index contributed by atoms with van der Waals surface area (Å²) in [5.74, 6) is -0.0228. The lowest BCUT2D eigenvalue weighted by atomic mass is 10.1. The number of piperazine rings is 1. The van der Waals surface area contributed by atoms with Crippen molar-refractivity contribution in [3.05, 3.63) is 57.9 Å². The Labute approximate surface area is 171 Å². The van der Waals surface area contributed by atoms with E-state index in [1.807, 2.05) is 11.8 Å². The normalized spacial score (nSPS) is 15.5. The van der Waals surface area contributed by atoms with Crippen LogP contribution in [0, 0.1) is 13.8 Å². The first-order valence-electron chi connectivity index (χ1n) is 9.56. The summed E-state index contributed by atoms with van der Waals surface area (Å²) < 4.78 is 1.76. The molecule has 2 aromatic rings. The minimum absolute atomic E-state index is 0.0228. The lowest BCUT2D eigenvalue weighted by molar-refractivity contribution is -0.127. The molecule has 1 amide bonds. The molecular weight excluding hydrogens is 376 g/mol. The monoisotopic (exact) mass is 402 g/mol.